The molecule has 0 saturated heterocycles. The highest BCUT2D eigenvalue weighted by Crippen LogP contribution is 2.23. The summed E-state index contributed by atoms with van der Waals surface area (Å²) in [6.07, 6.45) is 0. The molecule has 0 atom stereocenters. The molecule has 0 bridgehead atoms. The first-order valence-corrected chi connectivity index (χ1v) is 6.06. The second kappa shape index (κ2) is 3.84. The number of aryl methyl sites for hydroxylation is 4. The Morgan fingerprint density at radius 1 is 1.21 bits per heavy atom. The van der Waals surface area contributed by atoms with E-state index in [9.17, 15) is 0 Å². The zero-order valence-electron chi connectivity index (χ0n) is 11.4. The summed E-state index contributed by atoms with van der Waals surface area (Å²) in [4.78, 5) is 4.38. The van der Waals surface area contributed by atoms with Gasteiger partial charge in [-0.05, 0) is 20.8 Å². The van der Waals surface area contributed by atoms with Gasteiger partial charge in [0, 0.05) is 12.6 Å². The van der Waals surface area contributed by atoms with Crippen molar-refractivity contribution in [2.45, 2.75) is 27.3 Å². The summed E-state index contributed by atoms with van der Waals surface area (Å²) in [6.45, 7) is 6.33. The Balaban J connectivity index is 2.18. The van der Waals surface area contributed by atoms with E-state index in [1.54, 1.807) is 4.68 Å². The Kier molecular flexibility index (Phi) is 2.38. The number of anilines is 1. The van der Waals surface area contributed by atoms with Crippen LogP contribution >= 0.6 is 0 Å². The quantitative estimate of drug-likeness (QED) is 0.750. The van der Waals surface area contributed by atoms with Gasteiger partial charge in [0.05, 0.1) is 17.9 Å². The van der Waals surface area contributed by atoms with Gasteiger partial charge in [-0.15, -0.1) is 0 Å². The number of rotatable bonds is 2. The molecule has 0 amide bonds. The molecule has 0 spiro atoms. The molecular weight excluding hydrogens is 244 g/mol. The van der Waals surface area contributed by atoms with Crippen LogP contribution in [0.5, 0.6) is 0 Å². The average molecular weight is 260 g/mol. The van der Waals surface area contributed by atoms with Crippen molar-refractivity contribution in [3.63, 3.8) is 0 Å². The van der Waals surface area contributed by atoms with E-state index in [0.717, 1.165) is 33.9 Å². The first kappa shape index (κ1) is 11.8. The van der Waals surface area contributed by atoms with Gasteiger partial charge in [0.2, 0.25) is 5.95 Å². The number of aromatic nitrogens is 5. The molecule has 0 saturated carbocycles. The van der Waals surface area contributed by atoms with Crippen molar-refractivity contribution in [1.29, 1.82) is 0 Å². The maximum absolute atomic E-state index is 6.01. The number of hydrogen-bond acceptors (Lipinski definition) is 5. The van der Waals surface area contributed by atoms with Gasteiger partial charge >= 0.3 is 0 Å². The standard InChI is InChI=1S/C12H16N6O/c1-6-9(8(3)19-16-6)5-18-11-10(14-12(18)13)7(2)15-17(11)4/h5H2,1-4H3,(H2,13,14). The zero-order valence-corrected chi connectivity index (χ0v) is 11.4. The highest BCUT2D eigenvalue weighted by molar-refractivity contribution is 5.77. The molecule has 19 heavy (non-hydrogen) atoms. The fraction of sp³-hybridized carbons (Fsp3) is 0.417. The van der Waals surface area contributed by atoms with Gasteiger partial charge in [0.1, 0.15) is 11.3 Å². The van der Waals surface area contributed by atoms with E-state index >= 15 is 0 Å². The number of nitrogens with two attached hydrogens (primary N) is 1. The molecular formula is C12H16N6O. The lowest BCUT2D eigenvalue weighted by Crippen LogP contribution is -2.09. The van der Waals surface area contributed by atoms with Crippen LogP contribution in [0.25, 0.3) is 11.2 Å². The summed E-state index contributed by atoms with van der Waals surface area (Å²) in [7, 11) is 1.89. The number of fused-ring (bicyclic) bond motifs is 1. The molecule has 0 aromatic carbocycles. The predicted octanol–water partition coefficient (Wildman–Crippen LogP) is 1.31. The molecule has 3 aromatic rings. The van der Waals surface area contributed by atoms with Gasteiger partial charge in [-0.3, -0.25) is 9.25 Å². The molecule has 0 aliphatic carbocycles. The largest absolute Gasteiger partial charge is 0.369 e. The second-order valence-electron chi connectivity index (χ2n) is 4.74. The lowest BCUT2D eigenvalue weighted by Gasteiger charge is -2.06. The summed E-state index contributed by atoms with van der Waals surface area (Å²) < 4.78 is 8.91. The lowest BCUT2D eigenvalue weighted by atomic mass is 10.2. The second-order valence-corrected chi connectivity index (χ2v) is 4.74. The Labute approximate surface area is 110 Å². The minimum atomic E-state index is 0.478. The van der Waals surface area contributed by atoms with E-state index in [-0.39, 0.29) is 0 Å². The zero-order chi connectivity index (χ0) is 13.7. The minimum absolute atomic E-state index is 0.478. The first-order valence-electron chi connectivity index (χ1n) is 6.06. The number of hydrogen-bond donors (Lipinski definition) is 1. The van der Waals surface area contributed by atoms with Crippen LogP contribution in [0.15, 0.2) is 4.52 Å². The number of nitrogens with zero attached hydrogens (tertiary/aromatic N) is 5. The van der Waals surface area contributed by atoms with E-state index in [1.165, 1.54) is 0 Å². The third-order valence-electron chi connectivity index (χ3n) is 3.42. The molecule has 0 aliphatic rings. The Bertz CT molecular complexity index is 743. The molecule has 7 heteroatoms. The molecule has 3 aromatic heterocycles. The minimum Gasteiger partial charge on any atom is -0.369 e. The van der Waals surface area contributed by atoms with Crippen molar-refractivity contribution in [1.82, 2.24) is 24.5 Å². The summed E-state index contributed by atoms with van der Waals surface area (Å²) in [5.41, 5.74) is 10.5. The van der Waals surface area contributed by atoms with Crippen LogP contribution in [-0.2, 0) is 13.6 Å². The molecule has 7 nitrogen and oxygen atoms in total. The van der Waals surface area contributed by atoms with Gasteiger partial charge in [-0.2, -0.15) is 5.10 Å². The van der Waals surface area contributed by atoms with Gasteiger partial charge in [0.15, 0.2) is 5.65 Å². The molecule has 3 heterocycles. The van der Waals surface area contributed by atoms with Gasteiger partial charge in [-0.1, -0.05) is 5.16 Å². The summed E-state index contributed by atoms with van der Waals surface area (Å²) in [5.74, 6) is 1.28. The van der Waals surface area contributed by atoms with Crippen LogP contribution in [0.3, 0.4) is 0 Å². The van der Waals surface area contributed by atoms with Crippen molar-refractivity contribution in [2.75, 3.05) is 5.73 Å². The van der Waals surface area contributed by atoms with Crippen molar-refractivity contribution in [3.05, 3.63) is 22.7 Å². The Morgan fingerprint density at radius 3 is 2.58 bits per heavy atom. The molecule has 100 valence electrons. The maximum atomic E-state index is 6.01. The van der Waals surface area contributed by atoms with E-state index < -0.39 is 0 Å². The van der Waals surface area contributed by atoms with Crippen molar-refractivity contribution in [2.24, 2.45) is 7.05 Å². The summed E-state index contributed by atoms with van der Waals surface area (Å²) in [6, 6.07) is 0. The summed E-state index contributed by atoms with van der Waals surface area (Å²) in [5, 5.41) is 8.33. The third kappa shape index (κ3) is 1.61. The van der Waals surface area contributed by atoms with Crippen LogP contribution in [0, 0.1) is 20.8 Å². The maximum Gasteiger partial charge on any atom is 0.202 e. The van der Waals surface area contributed by atoms with Crippen molar-refractivity contribution in [3.8, 4) is 0 Å². The van der Waals surface area contributed by atoms with Crippen molar-refractivity contribution < 1.29 is 4.52 Å². The third-order valence-corrected chi connectivity index (χ3v) is 3.42. The van der Waals surface area contributed by atoms with Crippen LogP contribution in [0.2, 0.25) is 0 Å². The molecule has 3 rings (SSSR count). The van der Waals surface area contributed by atoms with E-state index in [1.807, 2.05) is 32.4 Å². The van der Waals surface area contributed by atoms with Gasteiger partial charge in [-0.25, -0.2) is 4.98 Å². The fourth-order valence-corrected chi connectivity index (χ4v) is 2.39. The van der Waals surface area contributed by atoms with Gasteiger partial charge < -0.3 is 10.3 Å². The molecule has 0 aliphatic heterocycles. The summed E-state index contributed by atoms with van der Waals surface area (Å²) >= 11 is 0. The SMILES string of the molecule is Cc1noc(C)c1Cn1c(N)nc2c(C)nn(C)c21. The average Bonchev–Trinajstić information content (AvgIpc) is 2.92. The number of nitrogen functional groups attached to an aromatic ring is 1. The molecule has 0 unspecified atom stereocenters. The molecule has 0 radical (unpaired) electrons. The Hall–Kier alpha value is -2.31. The van der Waals surface area contributed by atoms with E-state index in [4.69, 9.17) is 10.3 Å². The highest BCUT2D eigenvalue weighted by Gasteiger charge is 2.18. The molecule has 2 N–H and O–H groups in total. The van der Waals surface area contributed by atoms with E-state index in [2.05, 4.69) is 15.2 Å². The van der Waals surface area contributed by atoms with E-state index in [0.29, 0.717) is 12.5 Å². The van der Waals surface area contributed by atoms with Crippen LogP contribution < -0.4 is 5.73 Å². The van der Waals surface area contributed by atoms with Crippen molar-refractivity contribution >= 4 is 17.1 Å². The number of imidazole rings is 1. The van der Waals surface area contributed by atoms with Crippen LogP contribution in [-0.4, -0.2) is 24.5 Å². The monoisotopic (exact) mass is 260 g/mol. The Morgan fingerprint density at radius 2 is 1.95 bits per heavy atom. The topological polar surface area (TPSA) is 87.7 Å². The highest BCUT2D eigenvalue weighted by atomic mass is 16.5. The van der Waals surface area contributed by atoms with Gasteiger partial charge in [0.25, 0.3) is 0 Å². The van der Waals surface area contributed by atoms with Crippen LogP contribution in [0.4, 0.5) is 5.95 Å². The lowest BCUT2D eigenvalue weighted by molar-refractivity contribution is 0.392. The predicted molar refractivity (Wildman–Crippen MR) is 70.7 cm³/mol. The normalized spacial score (nSPS) is 11.6. The smallest absolute Gasteiger partial charge is 0.202 e. The van der Waals surface area contributed by atoms with Crippen LogP contribution in [0.1, 0.15) is 22.7 Å². The first-order chi connectivity index (χ1) is 8.99. The molecule has 0 fully saturated rings. The fourth-order valence-electron chi connectivity index (χ4n) is 2.39.